The Labute approximate surface area is 97.6 Å². The van der Waals surface area contributed by atoms with E-state index < -0.39 is 0 Å². The van der Waals surface area contributed by atoms with E-state index in [1.54, 1.807) is 16.8 Å². The molecule has 0 saturated heterocycles. The van der Waals surface area contributed by atoms with Gasteiger partial charge in [-0.3, -0.25) is 14.5 Å². The molecule has 0 bridgehead atoms. The van der Waals surface area contributed by atoms with Crippen LogP contribution in [0, 0.1) is 4.64 Å². The summed E-state index contributed by atoms with van der Waals surface area (Å²) in [5.41, 5.74) is 1.30. The summed E-state index contributed by atoms with van der Waals surface area (Å²) in [6, 6.07) is 7.33. The minimum absolute atomic E-state index is 0.198. The first-order valence-corrected chi connectivity index (χ1v) is 5.38. The first-order chi connectivity index (χ1) is 7.72. The number of hydrogen-bond donors (Lipinski definition) is 1. The van der Waals surface area contributed by atoms with Gasteiger partial charge in [0.1, 0.15) is 4.64 Å². The van der Waals surface area contributed by atoms with Crippen molar-refractivity contribution >= 4 is 12.2 Å². The molecular weight excluding hydrogens is 222 g/mol. The number of rotatable bonds is 2. The highest BCUT2D eigenvalue weighted by Crippen LogP contribution is 2.13. The molecule has 0 spiro atoms. The SMILES string of the molecule is CCn1c(-c2ccccn2)cc(=S)[nH]c1=O. The lowest BCUT2D eigenvalue weighted by Crippen LogP contribution is -2.23. The van der Waals surface area contributed by atoms with Crippen molar-refractivity contribution in [3.8, 4) is 11.4 Å². The van der Waals surface area contributed by atoms with Crippen LogP contribution in [0.15, 0.2) is 35.3 Å². The van der Waals surface area contributed by atoms with Crippen molar-refractivity contribution in [2.45, 2.75) is 13.5 Å². The normalized spacial score (nSPS) is 10.3. The van der Waals surface area contributed by atoms with Gasteiger partial charge in [0.05, 0.1) is 11.4 Å². The third-order valence-corrected chi connectivity index (χ3v) is 2.50. The summed E-state index contributed by atoms with van der Waals surface area (Å²) in [6.07, 6.45) is 1.69. The molecule has 1 N–H and O–H groups in total. The maximum atomic E-state index is 11.7. The molecule has 2 heterocycles. The molecule has 16 heavy (non-hydrogen) atoms. The molecule has 2 aromatic rings. The van der Waals surface area contributed by atoms with Crippen LogP contribution in [0.5, 0.6) is 0 Å². The predicted molar refractivity (Wildman–Crippen MR) is 64.8 cm³/mol. The molecule has 0 amide bonds. The highest BCUT2D eigenvalue weighted by Gasteiger charge is 2.05. The second-order valence-electron chi connectivity index (χ2n) is 3.28. The number of aromatic nitrogens is 3. The molecular formula is C11H11N3OS. The van der Waals surface area contributed by atoms with Crippen LogP contribution >= 0.6 is 12.2 Å². The Bertz CT molecular complexity index is 601. The zero-order valence-electron chi connectivity index (χ0n) is 8.80. The van der Waals surface area contributed by atoms with Gasteiger partial charge in [-0.05, 0) is 25.1 Å². The van der Waals surface area contributed by atoms with Crippen LogP contribution in [0.4, 0.5) is 0 Å². The van der Waals surface area contributed by atoms with Crippen LogP contribution in [0.1, 0.15) is 6.92 Å². The molecule has 0 aliphatic rings. The summed E-state index contributed by atoms with van der Waals surface area (Å²) in [7, 11) is 0. The Kier molecular flexibility index (Phi) is 2.96. The van der Waals surface area contributed by atoms with Crippen molar-refractivity contribution in [1.82, 2.24) is 14.5 Å². The standard InChI is InChI=1S/C11H11N3OS/c1-2-14-9(7-10(16)13-11(14)15)8-5-3-4-6-12-8/h3-7H,2H2,1H3,(H,13,15,16). The van der Waals surface area contributed by atoms with E-state index in [0.717, 1.165) is 11.4 Å². The number of pyridine rings is 1. The van der Waals surface area contributed by atoms with Crippen LogP contribution < -0.4 is 5.69 Å². The largest absolute Gasteiger partial charge is 0.327 e. The van der Waals surface area contributed by atoms with Crippen LogP contribution in [0.2, 0.25) is 0 Å². The van der Waals surface area contributed by atoms with Crippen molar-refractivity contribution < 1.29 is 0 Å². The summed E-state index contributed by atoms with van der Waals surface area (Å²) in [5, 5.41) is 0. The average molecular weight is 233 g/mol. The zero-order valence-corrected chi connectivity index (χ0v) is 9.62. The summed E-state index contributed by atoms with van der Waals surface area (Å²) in [4.78, 5) is 18.5. The van der Waals surface area contributed by atoms with Crippen molar-refractivity contribution in [3.05, 3.63) is 45.6 Å². The first kappa shape index (κ1) is 10.8. The number of aromatic amines is 1. The van der Waals surface area contributed by atoms with Crippen molar-refractivity contribution in [1.29, 1.82) is 0 Å². The highest BCUT2D eigenvalue weighted by molar-refractivity contribution is 7.71. The maximum absolute atomic E-state index is 11.7. The van der Waals surface area contributed by atoms with Crippen LogP contribution in [-0.2, 0) is 6.54 Å². The summed E-state index contributed by atoms with van der Waals surface area (Å²) in [6.45, 7) is 2.49. The first-order valence-electron chi connectivity index (χ1n) is 4.98. The minimum atomic E-state index is -0.198. The van der Waals surface area contributed by atoms with E-state index in [4.69, 9.17) is 12.2 Å². The molecule has 0 aliphatic carbocycles. The monoisotopic (exact) mass is 233 g/mol. The average Bonchev–Trinajstić information content (AvgIpc) is 2.29. The fraction of sp³-hybridized carbons (Fsp3) is 0.182. The topological polar surface area (TPSA) is 50.7 Å². The molecule has 0 aromatic carbocycles. The molecule has 4 nitrogen and oxygen atoms in total. The molecule has 0 atom stereocenters. The van der Waals surface area contributed by atoms with Gasteiger partial charge in [0, 0.05) is 12.7 Å². The van der Waals surface area contributed by atoms with Gasteiger partial charge in [-0.25, -0.2) is 4.79 Å². The van der Waals surface area contributed by atoms with E-state index in [1.165, 1.54) is 0 Å². The van der Waals surface area contributed by atoms with E-state index in [-0.39, 0.29) is 5.69 Å². The van der Waals surface area contributed by atoms with Gasteiger partial charge < -0.3 is 0 Å². The van der Waals surface area contributed by atoms with Crippen LogP contribution in [-0.4, -0.2) is 14.5 Å². The number of nitrogens with one attached hydrogen (secondary N) is 1. The molecule has 2 rings (SSSR count). The second kappa shape index (κ2) is 4.40. The highest BCUT2D eigenvalue weighted by atomic mass is 32.1. The van der Waals surface area contributed by atoms with E-state index in [1.807, 2.05) is 25.1 Å². The van der Waals surface area contributed by atoms with Gasteiger partial charge in [0.25, 0.3) is 0 Å². The molecule has 0 saturated carbocycles. The second-order valence-corrected chi connectivity index (χ2v) is 3.72. The van der Waals surface area contributed by atoms with E-state index in [9.17, 15) is 4.79 Å². The van der Waals surface area contributed by atoms with Gasteiger partial charge in [-0.2, -0.15) is 0 Å². The third-order valence-electron chi connectivity index (χ3n) is 2.28. The fourth-order valence-corrected chi connectivity index (χ4v) is 1.76. The molecule has 2 aromatic heterocycles. The lowest BCUT2D eigenvalue weighted by atomic mass is 10.2. The lowest BCUT2D eigenvalue weighted by Gasteiger charge is -2.08. The molecule has 82 valence electrons. The maximum Gasteiger partial charge on any atom is 0.327 e. The van der Waals surface area contributed by atoms with Crippen molar-refractivity contribution in [3.63, 3.8) is 0 Å². The fourth-order valence-electron chi connectivity index (χ4n) is 1.56. The van der Waals surface area contributed by atoms with E-state index in [2.05, 4.69) is 9.97 Å². The van der Waals surface area contributed by atoms with Gasteiger partial charge in [0.2, 0.25) is 0 Å². The minimum Gasteiger partial charge on any atom is -0.298 e. The smallest absolute Gasteiger partial charge is 0.298 e. The van der Waals surface area contributed by atoms with Crippen molar-refractivity contribution in [2.75, 3.05) is 0 Å². The summed E-state index contributed by atoms with van der Waals surface area (Å²) >= 11 is 5.00. The van der Waals surface area contributed by atoms with E-state index in [0.29, 0.717) is 11.2 Å². The Morgan fingerprint density at radius 1 is 1.50 bits per heavy atom. The molecule has 5 heteroatoms. The Morgan fingerprint density at radius 2 is 2.31 bits per heavy atom. The van der Waals surface area contributed by atoms with Crippen molar-refractivity contribution in [2.24, 2.45) is 0 Å². The lowest BCUT2D eigenvalue weighted by molar-refractivity contribution is 0.703. The molecule has 0 unspecified atom stereocenters. The Balaban J connectivity index is 2.74. The Morgan fingerprint density at radius 3 is 2.94 bits per heavy atom. The number of hydrogen-bond acceptors (Lipinski definition) is 3. The summed E-state index contributed by atoms with van der Waals surface area (Å²) < 4.78 is 2.04. The van der Waals surface area contributed by atoms with Crippen LogP contribution in [0.25, 0.3) is 11.4 Å². The van der Waals surface area contributed by atoms with E-state index >= 15 is 0 Å². The summed E-state index contributed by atoms with van der Waals surface area (Å²) in [5.74, 6) is 0. The third kappa shape index (κ3) is 1.94. The molecule has 0 fully saturated rings. The quantitative estimate of drug-likeness (QED) is 0.807. The van der Waals surface area contributed by atoms with Gasteiger partial charge >= 0.3 is 5.69 Å². The molecule has 0 aliphatic heterocycles. The predicted octanol–water partition coefficient (Wildman–Crippen LogP) is 1.99. The van der Waals surface area contributed by atoms with Gasteiger partial charge in [-0.1, -0.05) is 18.3 Å². The van der Waals surface area contributed by atoms with Crippen LogP contribution in [0.3, 0.4) is 0 Å². The Hall–Kier alpha value is -1.75. The van der Waals surface area contributed by atoms with Gasteiger partial charge in [0.15, 0.2) is 0 Å². The number of H-pyrrole nitrogens is 1. The number of nitrogens with zero attached hydrogens (tertiary/aromatic N) is 2. The molecule has 0 radical (unpaired) electrons. The van der Waals surface area contributed by atoms with Gasteiger partial charge in [-0.15, -0.1) is 0 Å². The zero-order chi connectivity index (χ0) is 11.5.